The Labute approximate surface area is 124 Å². The lowest BCUT2D eigenvalue weighted by molar-refractivity contribution is 0.0956. The predicted molar refractivity (Wildman–Crippen MR) is 83.3 cm³/mol. The second kappa shape index (κ2) is 6.83. The van der Waals surface area contributed by atoms with Crippen molar-refractivity contribution in [3.05, 3.63) is 53.6 Å². The molecule has 0 fully saturated rings. The number of benzene rings is 1. The van der Waals surface area contributed by atoms with Gasteiger partial charge in [0.05, 0.1) is 17.4 Å². The lowest BCUT2D eigenvalue weighted by Crippen LogP contribution is -2.22. The number of hydrogen-bond acceptors (Lipinski definition) is 4. The van der Waals surface area contributed by atoms with Gasteiger partial charge in [0.1, 0.15) is 0 Å². The Morgan fingerprint density at radius 2 is 1.86 bits per heavy atom. The molecule has 2 aromatic rings. The van der Waals surface area contributed by atoms with E-state index in [4.69, 9.17) is 0 Å². The Morgan fingerprint density at radius 1 is 1.19 bits per heavy atom. The van der Waals surface area contributed by atoms with Gasteiger partial charge >= 0.3 is 0 Å². The third-order valence-corrected chi connectivity index (χ3v) is 3.20. The van der Waals surface area contributed by atoms with Gasteiger partial charge in [0.2, 0.25) is 0 Å². The van der Waals surface area contributed by atoms with Gasteiger partial charge in [-0.3, -0.25) is 14.8 Å². The number of nitrogens with zero attached hydrogens (tertiary/aromatic N) is 2. The van der Waals surface area contributed by atoms with Crippen LogP contribution in [-0.4, -0.2) is 22.4 Å². The molecule has 0 saturated heterocycles. The maximum Gasteiger partial charge on any atom is 0.251 e. The summed E-state index contributed by atoms with van der Waals surface area (Å²) in [5, 5.41) is 6.14. The number of hydrogen-bond donors (Lipinski definition) is 2. The fourth-order valence-corrected chi connectivity index (χ4v) is 2.14. The smallest absolute Gasteiger partial charge is 0.251 e. The summed E-state index contributed by atoms with van der Waals surface area (Å²) < 4.78 is 0. The van der Waals surface area contributed by atoms with Gasteiger partial charge in [-0.2, -0.15) is 0 Å². The standard InChI is InChI=1S/C16H20N4O/c1-4-17-16(21)13-5-7-14(8-6-13)20-12(3)15-11(2)18-9-10-19-15/h5-10,12,20H,4H2,1-3H3,(H,17,21). The summed E-state index contributed by atoms with van der Waals surface area (Å²) in [5.41, 5.74) is 3.44. The number of carbonyl (C=O) groups is 1. The zero-order valence-electron chi connectivity index (χ0n) is 12.6. The predicted octanol–water partition coefficient (Wildman–Crippen LogP) is 2.71. The van der Waals surface area contributed by atoms with Crippen LogP contribution in [0.4, 0.5) is 5.69 Å². The van der Waals surface area contributed by atoms with Crippen LogP contribution in [0.3, 0.4) is 0 Å². The van der Waals surface area contributed by atoms with E-state index in [1.165, 1.54) is 0 Å². The molecule has 1 amide bonds. The number of amides is 1. The van der Waals surface area contributed by atoms with Crippen LogP contribution in [-0.2, 0) is 0 Å². The molecule has 1 heterocycles. The first-order valence-electron chi connectivity index (χ1n) is 7.04. The molecular weight excluding hydrogens is 264 g/mol. The van der Waals surface area contributed by atoms with Gasteiger partial charge in [-0.15, -0.1) is 0 Å². The third kappa shape index (κ3) is 3.78. The van der Waals surface area contributed by atoms with Crippen molar-refractivity contribution in [3.8, 4) is 0 Å². The van der Waals surface area contributed by atoms with Gasteiger partial charge in [0.15, 0.2) is 0 Å². The summed E-state index contributed by atoms with van der Waals surface area (Å²) in [4.78, 5) is 20.3. The van der Waals surface area contributed by atoms with Crippen LogP contribution in [0.5, 0.6) is 0 Å². The molecule has 1 aromatic heterocycles. The molecule has 2 rings (SSSR count). The molecule has 21 heavy (non-hydrogen) atoms. The lowest BCUT2D eigenvalue weighted by Gasteiger charge is -2.16. The quantitative estimate of drug-likeness (QED) is 0.886. The lowest BCUT2D eigenvalue weighted by atomic mass is 10.1. The molecule has 2 N–H and O–H groups in total. The molecule has 5 heteroatoms. The van der Waals surface area contributed by atoms with Crippen molar-refractivity contribution in [1.29, 1.82) is 0 Å². The number of anilines is 1. The van der Waals surface area contributed by atoms with Crippen LogP contribution < -0.4 is 10.6 Å². The molecule has 110 valence electrons. The number of aromatic nitrogens is 2. The number of carbonyl (C=O) groups excluding carboxylic acids is 1. The minimum atomic E-state index is -0.0538. The van der Waals surface area contributed by atoms with Crippen molar-refractivity contribution in [3.63, 3.8) is 0 Å². The largest absolute Gasteiger partial charge is 0.377 e. The molecule has 0 aliphatic rings. The Hall–Kier alpha value is -2.43. The van der Waals surface area contributed by atoms with Crippen LogP contribution in [0.2, 0.25) is 0 Å². The van der Waals surface area contributed by atoms with E-state index in [0.29, 0.717) is 12.1 Å². The van der Waals surface area contributed by atoms with E-state index < -0.39 is 0 Å². The second-order valence-corrected chi connectivity index (χ2v) is 4.83. The van der Waals surface area contributed by atoms with Gasteiger partial charge in [0.25, 0.3) is 5.91 Å². The highest BCUT2D eigenvalue weighted by atomic mass is 16.1. The van der Waals surface area contributed by atoms with Crippen LogP contribution in [0.25, 0.3) is 0 Å². The Kier molecular flexibility index (Phi) is 4.87. The van der Waals surface area contributed by atoms with Crippen molar-refractivity contribution in [2.75, 3.05) is 11.9 Å². The molecule has 0 saturated carbocycles. The van der Waals surface area contributed by atoms with Crippen molar-refractivity contribution in [1.82, 2.24) is 15.3 Å². The Morgan fingerprint density at radius 3 is 2.48 bits per heavy atom. The van der Waals surface area contributed by atoms with E-state index in [9.17, 15) is 4.79 Å². The topological polar surface area (TPSA) is 66.9 Å². The average molecular weight is 284 g/mol. The number of nitrogens with one attached hydrogen (secondary N) is 2. The third-order valence-electron chi connectivity index (χ3n) is 3.20. The van der Waals surface area contributed by atoms with Crippen molar-refractivity contribution in [2.45, 2.75) is 26.8 Å². The van der Waals surface area contributed by atoms with Crippen molar-refractivity contribution < 1.29 is 4.79 Å². The zero-order chi connectivity index (χ0) is 15.2. The first kappa shape index (κ1) is 15.0. The second-order valence-electron chi connectivity index (χ2n) is 4.83. The normalized spacial score (nSPS) is 11.8. The number of aryl methyl sites for hydroxylation is 1. The average Bonchev–Trinajstić information content (AvgIpc) is 2.48. The molecule has 1 aromatic carbocycles. The van der Waals surface area contributed by atoms with Crippen LogP contribution >= 0.6 is 0 Å². The zero-order valence-corrected chi connectivity index (χ0v) is 12.6. The fraction of sp³-hybridized carbons (Fsp3) is 0.312. The first-order valence-corrected chi connectivity index (χ1v) is 7.04. The summed E-state index contributed by atoms with van der Waals surface area (Å²) >= 11 is 0. The maximum absolute atomic E-state index is 11.7. The van der Waals surface area contributed by atoms with E-state index in [2.05, 4.69) is 20.6 Å². The van der Waals surface area contributed by atoms with E-state index in [-0.39, 0.29) is 11.9 Å². The summed E-state index contributed by atoms with van der Waals surface area (Å²) in [7, 11) is 0. The van der Waals surface area contributed by atoms with Crippen molar-refractivity contribution >= 4 is 11.6 Å². The van der Waals surface area contributed by atoms with Crippen molar-refractivity contribution in [2.24, 2.45) is 0 Å². The van der Waals surface area contributed by atoms with Gasteiger partial charge in [-0.05, 0) is 45.0 Å². The van der Waals surface area contributed by atoms with E-state index in [1.54, 1.807) is 12.4 Å². The van der Waals surface area contributed by atoms with Crippen LogP contribution in [0.15, 0.2) is 36.7 Å². The minimum absolute atomic E-state index is 0.0500. The molecule has 5 nitrogen and oxygen atoms in total. The van der Waals surface area contributed by atoms with Gasteiger partial charge < -0.3 is 10.6 Å². The highest BCUT2D eigenvalue weighted by Gasteiger charge is 2.10. The molecule has 0 aliphatic carbocycles. The highest BCUT2D eigenvalue weighted by molar-refractivity contribution is 5.94. The molecule has 0 bridgehead atoms. The van der Waals surface area contributed by atoms with Crippen LogP contribution in [0, 0.1) is 6.92 Å². The summed E-state index contributed by atoms with van der Waals surface area (Å²) in [5.74, 6) is -0.0538. The van der Waals surface area contributed by atoms with Gasteiger partial charge in [-0.25, -0.2) is 0 Å². The van der Waals surface area contributed by atoms with Crippen LogP contribution in [0.1, 0.15) is 41.6 Å². The minimum Gasteiger partial charge on any atom is -0.377 e. The first-order chi connectivity index (χ1) is 10.1. The Bertz CT molecular complexity index is 610. The fourth-order valence-electron chi connectivity index (χ4n) is 2.14. The summed E-state index contributed by atoms with van der Waals surface area (Å²) in [6, 6.07) is 7.46. The molecule has 0 aliphatic heterocycles. The van der Waals surface area contributed by atoms with E-state index in [1.807, 2.05) is 45.0 Å². The maximum atomic E-state index is 11.7. The Balaban J connectivity index is 2.07. The van der Waals surface area contributed by atoms with E-state index in [0.717, 1.165) is 17.1 Å². The monoisotopic (exact) mass is 284 g/mol. The number of rotatable bonds is 5. The van der Waals surface area contributed by atoms with E-state index >= 15 is 0 Å². The molecule has 0 radical (unpaired) electrons. The molecule has 0 spiro atoms. The molecular formula is C16H20N4O. The van der Waals surface area contributed by atoms with Gasteiger partial charge in [-0.1, -0.05) is 0 Å². The SMILES string of the molecule is CCNC(=O)c1ccc(NC(C)c2nccnc2C)cc1. The van der Waals surface area contributed by atoms with Gasteiger partial charge in [0, 0.05) is 30.2 Å². The molecule has 1 unspecified atom stereocenters. The highest BCUT2D eigenvalue weighted by Crippen LogP contribution is 2.19. The molecule has 1 atom stereocenters. The summed E-state index contributed by atoms with van der Waals surface area (Å²) in [6.07, 6.45) is 3.38. The summed E-state index contributed by atoms with van der Waals surface area (Å²) in [6.45, 7) is 6.51.